The van der Waals surface area contributed by atoms with Crippen LogP contribution in [0.1, 0.15) is 35.2 Å². The zero-order valence-corrected chi connectivity index (χ0v) is 14.2. The van der Waals surface area contributed by atoms with E-state index >= 15 is 0 Å². The number of ether oxygens (including phenoxy) is 1. The highest BCUT2D eigenvalue weighted by Crippen LogP contribution is 2.29. The van der Waals surface area contributed by atoms with Crippen molar-refractivity contribution in [2.75, 3.05) is 13.1 Å². The third-order valence-corrected chi connectivity index (χ3v) is 4.84. The Morgan fingerprint density at radius 2 is 2.16 bits per heavy atom. The van der Waals surface area contributed by atoms with Crippen LogP contribution in [0.5, 0.6) is 5.75 Å². The molecule has 2 fully saturated rings. The molecule has 5 nitrogen and oxygen atoms in total. The second-order valence-electron chi connectivity index (χ2n) is 6.86. The number of carbonyl (C=O) groups is 1. The number of pyridine rings is 1. The first-order valence-corrected chi connectivity index (χ1v) is 8.94. The first-order chi connectivity index (χ1) is 12.3. The molecule has 1 atom stereocenters. The molecule has 0 spiro atoms. The molecule has 25 heavy (non-hydrogen) atoms. The Bertz CT molecular complexity index is 731. The second-order valence-corrected chi connectivity index (χ2v) is 6.86. The fraction of sp³-hybridized carbons (Fsp3) is 0.400. The summed E-state index contributed by atoms with van der Waals surface area (Å²) < 4.78 is 5.78. The van der Waals surface area contributed by atoms with E-state index in [0.717, 1.165) is 31.1 Å². The van der Waals surface area contributed by atoms with Gasteiger partial charge in [-0.2, -0.15) is 0 Å². The molecule has 130 valence electrons. The lowest BCUT2D eigenvalue weighted by molar-refractivity contribution is 0.0937. The molecule has 1 saturated carbocycles. The third-order valence-electron chi connectivity index (χ3n) is 4.84. The number of likely N-dealkylation sites (tertiary alicyclic amines) is 1. The van der Waals surface area contributed by atoms with Gasteiger partial charge in [-0.3, -0.25) is 14.7 Å². The molecule has 1 amide bonds. The minimum atomic E-state index is -0.0190. The summed E-state index contributed by atoms with van der Waals surface area (Å²) in [5.74, 6) is 0.678. The van der Waals surface area contributed by atoms with Gasteiger partial charge in [-0.15, -0.1) is 0 Å². The summed E-state index contributed by atoms with van der Waals surface area (Å²) in [7, 11) is 0. The van der Waals surface area contributed by atoms with Crippen molar-refractivity contribution in [1.29, 1.82) is 0 Å². The van der Waals surface area contributed by atoms with Crippen LogP contribution >= 0.6 is 0 Å². The maximum Gasteiger partial charge on any atom is 0.251 e. The van der Waals surface area contributed by atoms with Crippen LogP contribution in [-0.2, 0) is 6.61 Å². The molecule has 2 aliphatic rings. The lowest BCUT2D eigenvalue weighted by Gasteiger charge is -2.16. The Morgan fingerprint density at radius 1 is 1.24 bits per heavy atom. The van der Waals surface area contributed by atoms with Crippen LogP contribution in [0, 0.1) is 0 Å². The fourth-order valence-corrected chi connectivity index (χ4v) is 3.32. The molecule has 5 heteroatoms. The number of amides is 1. The van der Waals surface area contributed by atoms with Crippen molar-refractivity contribution in [3.63, 3.8) is 0 Å². The molecule has 1 aromatic heterocycles. The van der Waals surface area contributed by atoms with Crippen molar-refractivity contribution >= 4 is 5.91 Å². The van der Waals surface area contributed by atoms with Crippen LogP contribution in [0.2, 0.25) is 0 Å². The number of hydrogen-bond acceptors (Lipinski definition) is 4. The van der Waals surface area contributed by atoms with Gasteiger partial charge < -0.3 is 10.1 Å². The van der Waals surface area contributed by atoms with Gasteiger partial charge in [-0.25, -0.2) is 0 Å². The van der Waals surface area contributed by atoms with E-state index in [1.807, 2.05) is 30.3 Å². The highest BCUT2D eigenvalue weighted by molar-refractivity contribution is 5.94. The summed E-state index contributed by atoms with van der Waals surface area (Å²) in [6.45, 7) is 2.52. The maximum absolute atomic E-state index is 12.5. The van der Waals surface area contributed by atoms with E-state index in [2.05, 4.69) is 15.2 Å². The van der Waals surface area contributed by atoms with Crippen molar-refractivity contribution in [2.24, 2.45) is 0 Å². The average molecular weight is 337 g/mol. The predicted molar refractivity (Wildman–Crippen MR) is 95.5 cm³/mol. The minimum absolute atomic E-state index is 0.0190. The van der Waals surface area contributed by atoms with Crippen LogP contribution in [0.15, 0.2) is 48.8 Å². The van der Waals surface area contributed by atoms with Crippen LogP contribution in [0.4, 0.5) is 0 Å². The highest BCUT2D eigenvalue weighted by Gasteiger charge is 2.34. The van der Waals surface area contributed by atoms with E-state index in [1.54, 1.807) is 18.5 Å². The monoisotopic (exact) mass is 337 g/mol. The maximum atomic E-state index is 12.5. The average Bonchev–Trinajstić information content (AvgIpc) is 3.41. The molecular weight excluding hydrogens is 314 g/mol. The SMILES string of the molecule is O=C(N[C@@H]1CCN(C2CC2)C1)c1cccc(OCc2cccnc2)c1. The predicted octanol–water partition coefficient (Wildman–Crippen LogP) is 2.63. The van der Waals surface area contributed by atoms with Gasteiger partial charge in [0.2, 0.25) is 0 Å². The van der Waals surface area contributed by atoms with E-state index in [-0.39, 0.29) is 11.9 Å². The molecule has 1 aromatic carbocycles. The first-order valence-electron chi connectivity index (χ1n) is 8.94. The summed E-state index contributed by atoms with van der Waals surface area (Å²) in [5.41, 5.74) is 1.65. The fourth-order valence-electron chi connectivity index (χ4n) is 3.32. The van der Waals surface area contributed by atoms with E-state index in [4.69, 9.17) is 4.74 Å². The normalized spacial score (nSPS) is 20.4. The number of carbonyl (C=O) groups excluding carboxylic acids is 1. The lowest BCUT2D eigenvalue weighted by Crippen LogP contribution is -2.37. The van der Waals surface area contributed by atoms with E-state index in [1.165, 1.54) is 12.8 Å². The summed E-state index contributed by atoms with van der Waals surface area (Å²) in [5, 5.41) is 3.16. The molecule has 1 N–H and O–H groups in total. The Labute approximate surface area is 148 Å². The molecule has 2 aromatic rings. The minimum Gasteiger partial charge on any atom is -0.489 e. The first kappa shape index (κ1) is 16.1. The number of aromatic nitrogens is 1. The van der Waals surface area contributed by atoms with Crippen LogP contribution in [0.25, 0.3) is 0 Å². The Balaban J connectivity index is 1.33. The van der Waals surface area contributed by atoms with E-state index in [9.17, 15) is 4.79 Å². The van der Waals surface area contributed by atoms with Crippen molar-refractivity contribution in [2.45, 2.75) is 38.0 Å². The lowest BCUT2D eigenvalue weighted by atomic mass is 10.1. The Morgan fingerprint density at radius 3 is 2.96 bits per heavy atom. The number of nitrogens with zero attached hydrogens (tertiary/aromatic N) is 2. The molecule has 2 heterocycles. The van der Waals surface area contributed by atoms with Crippen LogP contribution in [0.3, 0.4) is 0 Å². The Kier molecular flexibility index (Phi) is 4.65. The zero-order valence-electron chi connectivity index (χ0n) is 14.2. The molecule has 0 bridgehead atoms. The van der Waals surface area contributed by atoms with Gasteiger partial charge >= 0.3 is 0 Å². The van der Waals surface area contributed by atoms with Gasteiger partial charge in [-0.1, -0.05) is 12.1 Å². The second kappa shape index (κ2) is 7.23. The van der Waals surface area contributed by atoms with Gasteiger partial charge in [0, 0.05) is 48.7 Å². The number of benzene rings is 1. The summed E-state index contributed by atoms with van der Waals surface area (Å²) in [6, 6.07) is 12.2. The van der Waals surface area contributed by atoms with Gasteiger partial charge in [0.15, 0.2) is 0 Å². The zero-order chi connectivity index (χ0) is 17.1. The van der Waals surface area contributed by atoms with Crippen molar-refractivity contribution in [3.8, 4) is 5.75 Å². The number of rotatable bonds is 6. The van der Waals surface area contributed by atoms with Crippen LogP contribution in [-0.4, -0.2) is 41.0 Å². The third kappa shape index (κ3) is 4.17. The van der Waals surface area contributed by atoms with E-state index < -0.39 is 0 Å². The molecule has 4 rings (SSSR count). The summed E-state index contributed by atoms with van der Waals surface area (Å²) in [6.07, 6.45) is 7.19. The van der Waals surface area contributed by atoms with Gasteiger partial charge in [0.05, 0.1) is 0 Å². The highest BCUT2D eigenvalue weighted by atomic mass is 16.5. The Hall–Kier alpha value is -2.40. The standard InChI is InChI=1S/C20H23N3O2/c24-20(22-17-8-10-23(13-17)18-6-7-18)16-4-1-5-19(11-16)25-14-15-3-2-9-21-12-15/h1-5,9,11-12,17-18H,6-8,10,13-14H2,(H,22,24)/t17-/m1/s1. The molecule has 0 radical (unpaired) electrons. The van der Waals surface area contributed by atoms with Crippen molar-refractivity contribution < 1.29 is 9.53 Å². The van der Waals surface area contributed by atoms with Gasteiger partial charge in [-0.05, 0) is 43.5 Å². The van der Waals surface area contributed by atoms with Crippen molar-refractivity contribution in [1.82, 2.24) is 15.2 Å². The molecule has 1 saturated heterocycles. The quantitative estimate of drug-likeness (QED) is 0.880. The van der Waals surface area contributed by atoms with Crippen molar-refractivity contribution in [3.05, 3.63) is 59.9 Å². The summed E-state index contributed by atoms with van der Waals surface area (Å²) in [4.78, 5) is 19.1. The molecular formula is C20H23N3O2. The number of hydrogen-bond donors (Lipinski definition) is 1. The van der Waals surface area contributed by atoms with E-state index in [0.29, 0.717) is 17.9 Å². The molecule has 0 unspecified atom stereocenters. The molecule has 1 aliphatic heterocycles. The van der Waals surface area contributed by atoms with Crippen LogP contribution < -0.4 is 10.1 Å². The van der Waals surface area contributed by atoms with Gasteiger partial charge in [0.25, 0.3) is 5.91 Å². The largest absolute Gasteiger partial charge is 0.489 e. The summed E-state index contributed by atoms with van der Waals surface area (Å²) >= 11 is 0. The smallest absolute Gasteiger partial charge is 0.251 e. The topological polar surface area (TPSA) is 54.5 Å². The van der Waals surface area contributed by atoms with Gasteiger partial charge in [0.1, 0.15) is 12.4 Å². The number of nitrogens with one attached hydrogen (secondary N) is 1. The molecule has 1 aliphatic carbocycles.